The molecule has 0 atom stereocenters. The highest BCUT2D eigenvalue weighted by atomic mass is 32.2. The van der Waals surface area contributed by atoms with E-state index in [4.69, 9.17) is 10.5 Å². The van der Waals surface area contributed by atoms with E-state index in [9.17, 15) is 4.79 Å². The van der Waals surface area contributed by atoms with Crippen LogP contribution in [-0.2, 0) is 4.74 Å². The minimum absolute atomic E-state index is 0.323. The number of carbonyl (C=O) groups excluding carboxylic acids is 1. The van der Waals surface area contributed by atoms with E-state index in [2.05, 4.69) is 0 Å². The molecule has 17 heavy (non-hydrogen) atoms. The van der Waals surface area contributed by atoms with Gasteiger partial charge in [0.1, 0.15) is 6.61 Å². The van der Waals surface area contributed by atoms with Crippen LogP contribution in [0.1, 0.15) is 10.4 Å². The van der Waals surface area contributed by atoms with Crippen molar-refractivity contribution in [1.82, 2.24) is 0 Å². The molecular weight excluding hydrogens is 236 g/mol. The summed E-state index contributed by atoms with van der Waals surface area (Å²) in [4.78, 5) is 13.6. The van der Waals surface area contributed by atoms with Gasteiger partial charge in [0.2, 0.25) is 0 Å². The summed E-state index contributed by atoms with van der Waals surface area (Å²) in [5, 5.41) is 0. The lowest BCUT2D eigenvalue weighted by atomic mass is 10.1. The van der Waals surface area contributed by atoms with E-state index in [0.717, 1.165) is 11.4 Å². The highest BCUT2D eigenvalue weighted by Crippen LogP contribution is 2.22. The van der Waals surface area contributed by atoms with Crippen LogP contribution in [0.15, 0.2) is 18.2 Å². The Morgan fingerprint density at radius 3 is 2.71 bits per heavy atom. The highest BCUT2D eigenvalue weighted by molar-refractivity contribution is 7.98. The maximum atomic E-state index is 11.7. The lowest BCUT2D eigenvalue weighted by Crippen LogP contribution is -2.13. The molecule has 0 fully saturated rings. The molecule has 0 aromatic heterocycles. The smallest absolute Gasteiger partial charge is 0.338 e. The van der Waals surface area contributed by atoms with Gasteiger partial charge in [-0.05, 0) is 24.5 Å². The SMILES string of the molecule is CSCCOC(=O)c1ccc(N(C)C)c(N)c1. The summed E-state index contributed by atoms with van der Waals surface area (Å²) >= 11 is 1.64. The van der Waals surface area contributed by atoms with Crippen LogP contribution in [0, 0.1) is 0 Å². The molecule has 0 bridgehead atoms. The fourth-order valence-corrected chi connectivity index (χ4v) is 1.64. The molecule has 1 aromatic carbocycles. The number of hydrogen-bond donors (Lipinski definition) is 1. The number of ether oxygens (including phenoxy) is 1. The first kappa shape index (κ1) is 13.7. The van der Waals surface area contributed by atoms with E-state index in [-0.39, 0.29) is 5.97 Å². The van der Waals surface area contributed by atoms with Crippen LogP contribution in [0.2, 0.25) is 0 Å². The summed E-state index contributed by atoms with van der Waals surface area (Å²) in [7, 11) is 3.81. The predicted molar refractivity (Wildman–Crippen MR) is 73.8 cm³/mol. The zero-order valence-corrected chi connectivity index (χ0v) is 11.2. The lowest BCUT2D eigenvalue weighted by Gasteiger charge is -2.15. The molecule has 0 aliphatic carbocycles. The molecule has 0 saturated carbocycles. The number of hydrogen-bond acceptors (Lipinski definition) is 5. The standard InChI is InChI=1S/C12H18N2O2S/c1-14(2)11-5-4-9(8-10(11)13)12(15)16-6-7-17-3/h4-5,8H,6-7,13H2,1-3H3. The van der Waals surface area contributed by atoms with Gasteiger partial charge in [-0.25, -0.2) is 4.79 Å². The molecular formula is C12H18N2O2S. The van der Waals surface area contributed by atoms with Crippen LogP contribution < -0.4 is 10.6 Å². The van der Waals surface area contributed by atoms with Crippen molar-refractivity contribution in [2.24, 2.45) is 0 Å². The fraction of sp³-hybridized carbons (Fsp3) is 0.417. The van der Waals surface area contributed by atoms with E-state index < -0.39 is 0 Å². The number of benzene rings is 1. The third kappa shape index (κ3) is 3.85. The second-order valence-electron chi connectivity index (χ2n) is 3.80. The van der Waals surface area contributed by atoms with Gasteiger partial charge in [0.15, 0.2) is 0 Å². The summed E-state index contributed by atoms with van der Waals surface area (Å²) in [6, 6.07) is 5.20. The van der Waals surface area contributed by atoms with Gasteiger partial charge in [-0.2, -0.15) is 11.8 Å². The zero-order valence-electron chi connectivity index (χ0n) is 10.4. The van der Waals surface area contributed by atoms with E-state index >= 15 is 0 Å². The van der Waals surface area contributed by atoms with E-state index in [0.29, 0.717) is 17.9 Å². The molecule has 0 heterocycles. The van der Waals surface area contributed by atoms with Crippen molar-refractivity contribution in [3.63, 3.8) is 0 Å². The van der Waals surface area contributed by atoms with Crippen LogP contribution in [-0.4, -0.2) is 38.7 Å². The largest absolute Gasteiger partial charge is 0.461 e. The van der Waals surface area contributed by atoms with E-state index in [1.165, 1.54) is 0 Å². The van der Waals surface area contributed by atoms with Crippen molar-refractivity contribution in [2.45, 2.75) is 0 Å². The Morgan fingerprint density at radius 2 is 2.18 bits per heavy atom. The molecule has 0 saturated heterocycles. The monoisotopic (exact) mass is 254 g/mol. The minimum atomic E-state index is -0.323. The number of thioether (sulfide) groups is 1. The molecule has 0 aliphatic heterocycles. The summed E-state index contributed by atoms with van der Waals surface area (Å²) in [5.41, 5.74) is 7.83. The van der Waals surface area contributed by atoms with Gasteiger partial charge < -0.3 is 15.4 Å². The number of anilines is 2. The number of esters is 1. The molecule has 0 aliphatic rings. The molecule has 4 nitrogen and oxygen atoms in total. The van der Waals surface area contributed by atoms with Crippen LogP contribution in [0.3, 0.4) is 0 Å². The molecule has 0 amide bonds. The van der Waals surface area contributed by atoms with E-state index in [1.807, 2.05) is 31.3 Å². The molecule has 94 valence electrons. The Kier molecular flexibility index (Phi) is 5.15. The fourth-order valence-electron chi connectivity index (χ4n) is 1.39. The van der Waals surface area contributed by atoms with Crippen molar-refractivity contribution in [2.75, 3.05) is 43.3 Å². The maximum absolute atomic E-state index is 11.7. The summed E-state index contributed by atoms with van der Waals surface area (Å²) in [6.45, 7) is 0.426. The summed E-state index contributed by atoms with van der Waals surface area (Å²) < 4.78 is 5.09. The molecule has 0 spiro atoms. The van der Waals surface area contributed by atoms with Crippen molar-refractivity contribution >= 4 is 29.1 Å². The second kappa shape index (κ2) is 6.39. The Bertz CT molecular complexity index is 394. The van der Waals surface area contributed by atoms with Gasteiger partial charge in [-0.1, -0.05) is 0 Å². The first-order valence-corrected chi connectivity index (χ1v) is 6.68. The normalized spacial score (nSPS) is 10.1. The van der Waals surface area contributed by atoms with Crippen molar-refractivity contribution < 1.29 is 9.53 Å². The maximum Gasteiger partial charge on any atom is 0.338 e. The van der Waals surface area contributed by atoms with Crippen LogP contribution in [0.4, 0.5) is 11.4 Å². The second-order valence-corrected chi connectivity index (χ2v) is 4.78. The molecule has 0 radical (unpaired) electrons. The minimum Gasteiger partial charge on any atom is -0.461 e. The average Bonchev–Trinajstić information content (AvgIpc) is 2.28. The predicted octanol–water partition coefficient (Wildman–Crippen LogP) is 1.85. The Labute approximate surface area is 106 Å². The molecule has 2 N–H and O–H groups in total. The Balaban J connectivity index is 2.72. The number of carbonyl (C=O) groups is 1. The Hall–Kier alpha value is -1.36. The number of nitrogens with zero attached hydrogens (tertiary/aromatic N) is 1. The molecule has 1 rings (SSSR count). The van der Waals surface area contributed by atoms with Crippen LogP contribution in [0.5, 0.6) is 0 Å². The first-order valence-electron chi connectivity index (χ1n) is 5.29. The topological polar surface area (TPSA) is 55.6 Å². The van der Waals surface area contributed by atoms with E-state index in [1.54, 1.807) is 23.9 Å². The summed E-state index contributed by atoms with van der Waals surface area (Å²) in [5.74, 6) is 0.479. The molecule has 0 unspecified atom stereocenters. The Morgan fingerprint density at radius 1 is 1.47 bits per heavy atom. The van der Waals surface area contributed by atoms with Gasteiger partial charge in [0.25, 0.3) is 0 Å². The molecule has 1 aromatic rings. The quantitative estimate of drug-likeness (QED) is 0.494. The van der Waals surface area contributed by atoms with Crippen molar-refractivity contribution in [3.8, 4) is 0 Å². The number of rotatable bonds is 5. The summed E-state index contributed by atoms with van der Waals surface area (Å²) in [6.07, 6.45) is 1.97. The van der Waals surface area contributed by atoms with Gasteiger partial charge in [-0.15, -0.1) is 0 Å². The average molecular weight is 254 g/mol. The third-order valence-corrected chi connectivity index (χ3v) is 2.84. The number of nitrogens with two attached hydrogens (primary N) is 1. The zero-order chi connectivity index (χ0) is 12.8. The van der Waals surface area contributed by atoms with Crippen LogP contribution >= 0.6 is 11.8 Å². The van der Waals surface area contributed by atoms with Gasteiger partial charge in [0.05, 0.1) is 16.9 Å². The number of nitrogen functional groups attached to an aromatic ring is 1. The van der Waals surface area contributed by atoms with Crippen molar-refractivity contribution in [1.29, 1.82) is 0 Å². The van der Waals surface area contributed by atoms with Crippen molar-refractivity contribution in [3.05, 3.63) is 23.8 Å². The van der Waals surface area contributed by atoms with Crippen LogP contribution in [0.25, 0.3) is 0 Å². The van der Waals surface area contributed by atoms with Gasteiger partial charge >= 0.3 is 5.97 Å². The lowest BCUT2D eigenvalue weighted by molar-refractivity contribution is 0.0530. The molecule has 5 heteroatoms. The van der Waals surface area contributed by atoms with Gasteiger partial charge in [0, 0.05) is 19.8 Å². The van der Waals surface area contributed by atoms with Gasteiger partial charge in [-0.3, -0.25) is 0 Å². The first-order chi connectivity index (χ1) is 8.06. The highest BCUT2D eigenvalue weighted by Gasteiger charge is 2.10. The third-order valence-electron chi connectivity index (χ3n) is 2.27.